The molecule has 0 aliphatic heterocycles. The summed E-state index contributed by atoms with van der Waals surface area (Å²) in [7, 11) is 0. The minimum absolute atomic E-state index is 0. The Kier molecular flexibility index (Phi) is 61.1. The van der Waals surface area contributed by atoms with Crippen molar-refractivity contribution in [3.8, 4) is 0 Å². The Bertz CT molecular complexity index is 80.1. The second kappa shape index (κ2) is 22.4. The van der Waals surface area contributed by atoms with Gasteiger partial charge in [0.25, 0.3) is 11.9 Å². The maximum Gasteiger partial charge on any atom is 0 e. The van der Waals surface area contributed by atoms with Gasteiger partial charge >= 0.3 is 18.9 Å². The monoisotopic (exact) mass is 245 g/mol. The maximum atomic E-state index is 9.00. The smallest absolute Gasteiger partial charge is 0 e. The molecule has 11 heavy (non-hydrogen) atoms. The fourth-order valence-electron chi connectivity index (χ4n) is 0. The molecular weight excluding hydrogens is 237 g/mol. The van der Waals surface area contributed by atoms with Gasteiger partial charge < -0.3 is 10.2 Å². The molecule has 0 aromatic heterocycles. The van der Waals surface area contributed by atoms with Gasteiger partial charge in [0.15, 0.2) is 0 Å². The molecule has 0 atom stereocenters. The Morgan fingerprint density at radius 2 is 1.00 bits per heavy atom. The summed E-state index contributed by atoms with van der Waals surface area (Å²) in [5, 5.41) is 14.8. The van der Waals surface area contributed by atoms with Crippen LogP contribution in [0.3, 0.4) is 0 Å². The molecule has 0 amide bonds. The van der Waals surface area contributed by atoms with Gasteiger partial charge in [-0.2, -0.15) is 0 Å². The zero-order valence-corrected chi connectivity index (χ0v) is 7.39. The summed E-state index contributed by atoms with van der Waals surface area (Å²) in [6.07, 6.45) is 0. The maximum absolute atomic E-state index is 9.00. The topological polar surface area (TPSA) is 74.6 Å². The van der Waals surface area contributed by atoms with E-state index in [1.807, 2.05) is 0 Å². The van der Waals surface area contributed by atoms with E-state index in [1.165, 1.54) is 0 Å². The normalized spacial score (nSPS) is 4.55. The molecule has 0 saturated heterocycles. The van der Waals surface area contributed by atoms with Crippen LogP contribution in [0.4, 0.5) is 0 Å². The minimum atomic E-state index is -0.833. The van der Waals surface area contributed by atoms with Gasteiger partial charge in [0.1, 0.15) is 0 Å². The van der Waals surface area contributed by atoms with Crippen LogP contribution >= 0.6 is 0 Å². The summed E-state index contributed by atoms with van der Waals surface area (Å²) in [6, 6.07) is 0. The Morgan fingerprint density at radius 3 is 1.00 bits per heavy atom. The van der Waals surface area contributed by atoms with Crippen LogP contribution in [0, 0.1) is 0 Å². The molecule has 0 saturated carbocycles. The third-order valence-corrected chi connectivity index (χ3v) is 0. The molecule has 4 nitrogen and oxygen atoms in total. The minimum Gasteiger partial charge on any atom is 0 e. The molecule has 0 aliphatic carbocycles. The van der Waals surface area contributed by atoms with Crippen molar-refractivity contribution in [1.29, 1.82) is 0 Å². The van der Waals surface area contributed by atoms with E-state index in [1.54, 1.807) is 0 Å². The number of carboxylic acid groups (broad SMARTS) is 2. The van der Waals surface area contributed by atoms with E-state index in [0.29, 0.717) is 0 Å². The predicted molar refractivity (Wildman–Crippen MR) is 33.8 cm³/mol. The molecule has 0 unspecified atom stereocenters. The zero-order chi connectivity index (χ0) is 7.15. The summed E-state index contributed by atoms with van der Waals surface area (Å²) in [4.78, 5) is 18.0. The van der Waals surface area contributed by atoms with Gasteiger partial charge in [-0.15, -0.1) is 0 Å². The first-order valence-electron chi connectivity index (χ1n) is 1.86. The number of carboxylic acids is 2. The van der Waals surface area contributed by atoms with Crippen LogP contribution in [0.25, 0.3) is 0 Å². The fraction of sp³-hybridized carbons (Fsp3) is 0.500. The molecule has 0 heterocycles. The number of hydrogen-bond donors (Lipinski definition) is 2. The Balaban J connectivity index is -0.0000000171. The number of hydrogen-bond acceptors (Lipinski definition) is 2. The molecule has 0 bridgehead atoms. The first-order chi connectivity index (χ1) is 3.46. The van der Waals surface area contributed by atoms with Gasteiger partial charge in [0.2, 0.25) is 0 Å². The van der Waals surface area contributed by atoms with Crippen LogP contribution < -0.4 is 0 Å². The molecule has 0 aromatic carbocycles. The van der Waals surface area contributed by atoms with E-state index in [0.717, 1.165) is 13.8 Å². The van der Waals surface area contributed by atoms with Crippen molar-refractivity contribution in [2.45, 2.75) is 13.8 Å². The van der Waals surface area contributed by atoms with Crippen molar-refractivity contribution in [3.63, 3.8) is 0 Å². The quantitative estimate of drug-likeness (QED) is 0.566. The fourth-order valence-corrected chi connectivity index (χ4v) is 0. The molecule has 0 aromatic rings. The largest absolute Gasteiger partial charge is 0 e. The molecule has 0 aliphatic rings. The standard InChI is InChI=1S/2C2H4O2.Co.Li.Ni.H/c2*1-2(3)4;;;;/h2*1H3,(H,3,4);;;;. The molecule has 1 radical (unpaired) electrons. The van der Waals surface area contributed by atoms with E-state index in [4.69, 9.17) is 19.8 Å². The van der Waals surface area contributed by atoms with Crippen LogP contribution in [-0.2, 0) is 42.9 Å². The van der Waals surface area contributed by atoms with Crippen LogP contribution in [0.15, 0.2) is 0 Å². The Labute approximate surface area is 97.4 Å². The van der Waals surface area contributed by atoms with Gasteiger partial charge in [0.05, 0.1) is 0 Å². The Hall–Kier alpha value is 0.537. The van der Waals surface area contributed by atoms with Gasteiger partial charge in [-0.05, 0) is 0 Å². The summed E-state index contributed by atoms with van der Waals surface area (Å²) in [6.45, 7) is 2.17. The van der Waals surface area contributed by atoms with Gasteiger partial charge in [-0.3, -0.25) is 9.59 Å². The SMILES string of the molecule is CC(=O)O.CC(=O)O.[Co].[LiH].[Ni]. The molecule has 2 N–H and O–H groups in total. The number of carbonyl (C=O) groups is 2. The molecule has 0 spiro atoms. The van der Waals surface area contributed by atoms with Gasteiger partial charge in [-0.25, -0.2) is 0 Å². The van der Waals surface area contributed by atoms with Crippen molar-refractivity contribution in [1.82, 2.24) is 0 Å². The second-order valence-corrected chi connectivity index (χ2v) is 1.04. The van der Waals surface area contributed by atoms with E-state index in [-0.39, 0.29) is 52.1 Å². The number of rotatable bonds is 0. The van der Waals surface area contributed by atoms with Crippen molar-refractivity contribution in [3.05, 3.63) is 0 Å². The Morgan fingerprint density at radius 1 is 1.00 bits per heavy atom. The molecule has 0 fully saturated rings. The first kappa shape index (κ1) is 30.0. The summed E-state index contributed by atoms with van der Waals surface area (Å²) in [5.74, 6) is -1.67. The van der Waals surface area contributed by atoms with Gasteiger partial charge in [-0.1, -0.05) is 0 Å². The van der Waals surface area contributed by atoms with Crippen LogP contribution in [-0.4, -0.2) is 41.0 Å². The third-order valence-electron chi connectivity index (χ3n) is 0. The van der Waals surface area contributed by atoms with E-state index in [2.05, 4.69) is 0 Å². The van der Waals surface area contributed by atoms with E-state index < -0.39 is 11.9 Å². The average molecular weight is 246 g/mol. The van der Waals surface area contributed by atoms with Crippen LogP contribution in [0.2, 0.25) is 0 Å². The second-order valence-electron chi connectivity index (χ2n) is 1.04. The van der Waals surface area contributed by atoms with Gasteiger partial charge in [0, 0.05) is 47.1 Å². The van der Waals surface area contributed by atoms with Crippen molar-refractivity contribution in [2.75, 3.05) is 0 Å². The molecular formula is C4H9CoLiNiO4. The van der Waals surface area contributed by atoms with Crippen LogP contribution in [0.1, 0.15) is 13.8 Å². The summed E-state index contributed by atoms with van der Waals surface area (Å²) < 4.78 is 0. The van der Waals surface area contributed by atoms with Crippen LogP contribution in [0.5, 0.6) is 0 Å². The summed E-state index contributed by atoms with van der Waals surface area (Å²) >= 11 is 0. The number of aliphatic carboxylic acids is 2. The third kappa shape index (κ3) is 2660. The van der Waals surface area contributed by atoms with Crippen molar-refractivity contribution in [2.24, 2.45) is 0 Å². The zero-order valence-electron chi connectivity index (χ0n) is 5.36. The van der Waals surface area contributed by atoms with E-state index in [9.17, 15) is 0 Å². The van der Waals surface area contributed by atoms with Crippen molar-refractivity contribution >= 4 is 30.8 Å². The average Bonchev–Trinajstić information content (AvgIpc) is 1.25. The van der Waals surface area contributed by atoms with Crippen molar-refractivity contribution < 1.29 is 53.1 Å². The van der Waals surface area contributed by atoms with E-state index >= 15 is 0 Å². The summed E-state index contributed by atoms with van der Waals surface area (Å²) in [5.41, 5.74) is 0. The molecule has 69 valence electrons. The molecule has 0 rings (SSSR count). The molecule has 7 heteroatoms. The predicted octanol–water partition coefficient (Wildman–Crippen LogP) is -0.472. The first-order valence-corrected chi connectivity index (χ1v) is 1.86.